The van der Waals surface area contributed by atoms with Gasteiger partial charge in [-0.15, -0.1) is 0 Å². The maximum Gasteiger partial charge on any atom is 0.324 e. The fourth-order valence-corrected chi connectivity index (χ4v) is 2.73. The zero-order valence-corrected chi connectivity index (χ0v) is 12.3. The molecule has 1 aromatic carbocycles. The van der Waals surface area contributed by atoms with Crippen LogP contribution in [-0.2, 0) is 0 Å². The van der Waals surface area contributed by atoms with E-state index in [2.05, 4.69) is 32.0 Å². The molecule has 19 heavy (non-hydrogen) atoms. The molecule has 1 aliphatic heterocycles. The average Bonchev–Trinajstić information content (AvgIpc) is 2.64. The van der Waals surface area contributed by atoms with Gasteiger partial charge in [0.25, 0.3) is 0 Å². The van der Waals surface area contributed by atoms with E-state index in [1.165, 1.54) is 24.0 Å². The first-order chi connectivity index (χ1) is 9.08. The van der Waals surface area contributed by atoms with Gasteiger partial charge < -0.3 is 4.90 Å². The second-order valence-electron chi connectivity index (χ2n) is 5.59. The van der Waals surface area contributed by atoms with Crippen LogP contribution in [0.1, 0.15) is 36.8 Å². The molecule has 104 valence electrons. The Bertz CT molecular complexity index is 428. The SMILES string of the molecule is Cc1cc(C)cc(N(C)C(=O)N2CCCCCC2)c1. The number of urea groups is 1. The summed E-state index contributed by atoms with van der Waals surface area (Å²) in [6.07, 6.45) is 4.76. The Hall–Kier alpha value is -1.51. The summed E-state index contributed by atoms with van der Waals surface area (Å²) >= 11 is 0. The van der Waals surface area contributed by atoms with Crippen LogP contribution in [-0.4, -0.2) is 31.1 Å². The minimum Gasteiger partial charge on any atom is -0.324 e. The van der Waals surface area contributed by atoms with Crippen molar-refractivity contribution in [3.63, 3.8) is 0 Å². The number of likely N-dealkylation sites (tertiary alicyclic amines) is 1. The van der Waals surface area contributed by atoms with Gasteiger partial charge in [-0.3, -0.25) is 4.90 Å². The normalized spacial score (nSPS) is 16.1. The first kappa shape index (κ1) is 13.9. The third-order valence-corrected chi connectivity index (χ3v) is 3.76. The van der Waals surface area contributed by atoms with Crippen LogP contribution in [0, 0.1) is 13.8 Å². The van der Waals surface area contributed by atoms with Crippen LogP contribution in [0.2, 0.25) is 0 Å². The molecule has 0 bridgehead atoms. The van der Waals surface area contributed by atoms with Gasteiger partial charge in [-0.25, -0.2) is 4.79 Å². The van der Waals surface area contributed by atoms with Gasteiger partial charge in [0, 0.05) is 25.8 Å². The number of benzene rings is 1. The van der Waals surface area contributed by atoms with Gasteiger partial charge >= 0.3 is 6.03 Å². The second kappa shape index (κ2) is 6.09. The van der Waals surface area contributed by atoms with E-state index in [1.54, 1.807) is 4.90 Å². The van der Waals surface area contributed by atoms with Crippen molar-refractivity contribution in [1.29, 1.82) is 0 Å². The van der Waals surface area contributed by atoms with Crippen molar-refractivity contribution in [2.24, 2.45) is 0 Å². The Balaban J connectivity index is 2.13. The fourth-order valence-electron chi connectivity index (χ4n) is 2.73. The van der Waals surface area contributed by atoms with E-state index in [4.69, 9.17) is 0 Å². The van der Waals surface area contributed by atoms with Crippen molar-refractivity contribution < 1.29 is 4.79 Å². The van der Waals surface area contributed by atoms with Crippen LogP contribution in [0.25, 0.3) is 0 Å². The van der Waals surface area contributed by atoms with Crippen molar-refractivity contribution in [1.82, 2.24) is 4.90 Å². The molecule has 1 saturated heterocycles. The summed E-state index contributed by atoms with van der Waals surface area (Å²) in [5.41, 5.74) is 3.39. The van der Waals surface area contributed by atoms with E-state index in [0.29, 0.717) is 0 Å². The van der Waals surface area contributed by atoms with Crippen molar-refractivity contribution >= 4 is 11.7 Å². The van der Waals surface area contributed by atoms with E-state index >= 15 is 0 Å². The largest absolute Gasteiger partial charge is 0.324 e. The van der Waals surface area contributed by atoms with Gasteiger partial charge in [0.1, 0.15) is 0 Å². The molecular formula is C16H24N2O. The molecule has 0 aromatic heterocycles. The van der Waals surface area contributed by atoms with Crippen LogP contribution in [0.5, 0.6) is 0 Å². The van der Waals surface area contributed by atoms with Gasteiger partial charge in [0.2, 0.25) is 0 Å². The summed E-state index contributed by atoms with van der Waals surface area (Å²) in [5.74, 6) is 0. The molecule has 2 rings (SSSR count). The molecule has 0 unspecified atom stereocenters. The molecule has 3 heteroatoms. The highest BCUT2D eigenvalue weighted by Gasteiger charge is 2.20. The summed E-state index contributed by atoms with van der Waals surface area (Å²) < 4.78 is 0. The van der Waals surface area contributed by atoms with Crippen molar-refractivity contribution in [2.45, 2.75) is 39.5 Å². The number of hydrogen-bond donors (Lipinski definition) is 0. The lowest BCUT2D eigenvalue weighted by atomic mass is 10.1. The number of hydrogen-bond acceptors (Lipinski definition) is 1. The summed E-state index contributed by atoms with van der Waals surface area (Å²) in [7, 11) is 1.88. The first-order valence-electron chi connectivity index (χ1n) is 7.19. The monoisotopic (exact) mass is 260 g/mol. The van der Waals surface area contributed by atoms with Gasteiger partial charge in [-0.2, -0.15) is 0 Å². The van der Waals surface area contributed by atoms with E-state index in [1.807, 2.05) is 11.9 Å². The maximum atomic E-state index is 12.5. The van der Waals surface area contributed by atoms with Crippen LogP contribution in [0.4, 0.5) is 10.5 Å². The predicted octanol–water partition coefficient (Wildman–Crippen LogP) is 3.74. The van der Waals surface area contributed by atoms with Crippen molar-refractivity contribution in [3.8, 4) is 0 Å². The maximum absolute atomic E-state index is 12.5. The molecule has 0 atom stereocenters. The highest BCUT2D eigenvalue weighted by molar-refractivity contribution is 5.91. The first-order valence-corrected chi connectivity index (χ1v) is 7.19. The molecule has 1 aliphatic rings. The predicted molar refractivity (Wildman–Crippen MR) is 79.8 cm³/mol. The van der Waals surface area contributed by atoms with E-state index < -0.39 is 0 Å². The Morgan fingerprint density at radius 1 is 1.00 bits per heavy atom. The lowest BCUT2D eigenvalue weighted by Crippen LogP contribution is -2.41. The zero-order chi connectivity index (χ0) is 13.8. The van der Waals surface area contributed by atoms with Gasteiger partial charge in [-0.1, -0.05) is 18.9 Å². The van der Waals surface area contributed by atoms with Gasteiger partial charge in [0.05, 0.1) is 0 Å². The van der Waals surface area contributed by atoms with Crippen LogP contribution < -0.4 is 4.90 Å². The third kappa shape index (κ3) is 3.49. The average molecular weight is 260 g/mol. The van der Waals surface area contributed by atoms with E-state index in [9.17, 15) is 4.79 Å². The number of nitrogens with zero attached hydrogens (tertiary/aromatic N) is 2. The molecule has 1 heterocycles. The molecular weight excluding hydrogens is 236 g/mol. The molecule has 0 radical (unpaired) electrons. The number of carbonyl (C=O) groups is 1. The second-order valence-corrected chi connectivity index (χ2v) is 5.59. The minimum absolute atomic E-state index is 0.131. The highest BCUT2D eigenvalue weighted by Crippen LogP contribution is 2.20. The summed E-state index contributed by atoms with van der Waals surface area (Å²) in [5, 5.41) is 0. The molecule has 0 aliphatic carbocycles. The number of aryl methyl sites for hydroxylation is 2. The van der Waals surface area contributed by atoms with Gasteiger partial charge in [-0.05, 0) is 49.9 Å². The quantitative estimate of drug-likeness (QED) is 0.754. The molecule has 0 N–H and O–H groups in total. The fraction of sp³-hybridized carbons (Fsp3) is 0.562. The standard InChI is InChI=1S/C16H24N2O/c1-13-10-14(2)12-15(11-13)17(3)16(19)18-8-6-4-5-7-9-18/h10-12H,4-9H2,1-3H3. The van der Waals surface area contributed by atoms with Crippen molar-refractivity contribution in [3.05, 3.63) is 29.3 Å². The Labute approximate surface area is 116 Å². The Morgan fingerprint density at radius 3 is 2.05 bits per heavy atom. The Morgan fingerprint density at radius 2 is 1.53 bits per heavy atom. The van der Waals surface area contributed by atoms with Crippen LogP contribution in [0.3, 0.4) is 0 Å². The van der Waals surface area contributed by atoms with Crippen molar-refractivity contribution in [2.75, 3.05) is 25.0 Å². The number of carbonyl (C=O) groups excluding carboxylic acids is 1. The topological polar surface area (TPSA) is 23.6 Å². The Kier molecular flexibility index (Phi) is 4.46. The zero-order valence-electron chi connectivity index (χ0n) is 12.3. The molecule has 2 amide bonds. The number of rotatable bonds is 1. The summed E-state index contributed by atoms with van der Waals surface area (Å²) in [4.78, 5) is 16.3. The highest BCUT2D eigenvalue weighted by atomic mass is 16.2. The van der Waals surface area contributed by atoms with Crippen LogP contribution in [0.15, 0.2) is 18.2 Å². The summed E-state index contributed by atoms with van der Waals surface area (Å²) in [6.45, 7) is 5.93. The lowest BCUT2D eigenvalue weighted by Gasteiger charge is -2.27. The number of anilines is 1. The summed E-state index contributed by atoms with van der Waals surface area (Å²) in [6, 6.07) is 6.41. The van der Waals surface area contributed by atoms with E-state index in [-0.39, 0.29) is 6.03 Å². The smallest absolute Gasteiger partial charge is 0.324 e. The van der Waals surface area contributed by atoms with Crippen LogP contribution >= 0.6 is 0 Å². The minimum atomic E-state index is 0.131. The van der Waals surface area contributed by atoms with E-state index in [0.717, 1.165) is 31.6 Å². The third-order valence-electron chi connectivity index (χ3n) is 3.76. The molecule has 1 aromatic rings. The molecule has 0 saturated carbocycles. The number of amides is 2. The molecule has 0 spiro atoms. The lowest BCUT2D eigenvalue weighted by molar-refractivity contribution is 0.208. The molecule has 3 nitrogen and oxygen atoms in total. The molecule has 1 fully saturated rings. The van der Waals surface area contributed by atoms with Gasteiger partial charge in [0.15, 0.2) is 0 Å².